The van der Waals surface area contributed by atoms with Crippen molar-refractivity contribution in [1.29, 1.82) is 0 Å². The molecule has 0 N–H and O–H groups in total. The van der Waals surface area contributed by atoms with Crippen LogP contribution in [0, 0.1) is 0 Å². The van der Waals surface area contributed by atoms with Crippen LogP contribution in [0.4, 0.5) is 14.5 Å². The molecule has 0 aliphatic rings. The van der Waals surface area contributed by atoms with Crippen LogP contribution in [0.3, 0.4) is 0 Å². The van der Waals surface area contributed by atoms with Crippen molar-refractivity contribution in [2.24, 2.45) is 0 Å². The maximum absolute atomic E-state index is 12.7. The maximum atomic E-state index is 12.7. The van der Waals surface area contributed by atoms with Gasteiger partial charge in [0.05, 0.1) is 10.6 Å². The number of rotatable bonds is 7. The van der Waals surface area contributed by atoms with E-state index < -0.39 is 15.6 Å². The van der Waals surface area contributed by atoms with Gasteiger partial charge in [-0.25, -0.2) is 8.42 Å². The van der Waals surface area contributed by atoms with Gasteiger partial charge in [0.25, 0.3) is 0 Å². The number of anilines is 1. The molecule has 0 radical (unpaired) electrons. The summed E-state index contributed by atoms with van der Waals surface area (Å²) in [6.07, 6.45) is 0.764. The number of para-hydroxylation sites is 1. The average Bonchev–Trinajstić information content (AvgIpc) is 2.38. The third-order valence-corrected chi connectivity index (χ3v) is 4.19. The number of hydrogen-bond donors (Lipinski definition) is 0. The minimum absolute atomic E-state index is 0.283. The Morgan fingerprint density at radius 1 is 1.26 bits per heavy atom. The highest BCUT2D eigenvalue weighted by molar-refractivity contribution is 7.91. The van der Waals surface area contributed by atoms with Crippen LogP contribution in [-0.4, -0.2) is 33.1 Å². The second-order valence-corrected chi connectivity index (χ2v) is 6.21. The van der Waals surface area contributed by atoms with Crippen LogP contribution in [0.5, 0.6) is 0 Å². The molecule has 0 fully saturated rings. The summed E-state index contributed by atoms with van der Waals surface area (Å²) < 4.78 is 48.7. The van der Waals surface area contributed by atoms with Gasteiger partial charge >= 0.3 is 5.76 Å². The van der Waals surface area contributed by atoms with E-state index in [9.17, 15) is 17.2 Å². The number of benzene rings is 1. The zero-order valence-corrected chi connectivity index (χ0v) is 12.1. The molecule has 0 saturated carbocycles. The Morgan fingerprint density at radius 3 is 2.42 bits per heavy atom. The van der Waals surface area contributed by atoms with E-state index >= 15 is 0 Å². The third-order valence-electron chi connectivity index (χ3n) is 2.59. The Bertz CT molecular complexity index is 502. The van der Waals surface area contributed by atoms with Gasteiger partial charge in [0.2, 0.25) is 9.84 Å². The predicted molar refractivity (Wildman–Crippen MR) is 72.9 cm³/mol. The highest BCUT2D eigenvalue weighted by atomic mass is 35.5. The van der Waals surface area contributed by atoms with Crippen LogP contribution in [0.1, 0.15) is 13.3 Å². The van der Waals surface area contributed by atoms with Crippen molar-refractivity contribution >= 4 is 27.1 Å². The molecule has 3 nitrogen and oxygen atoms in total. The molecular formula is C12H16ClF2NO2S. The molecule has 0 aliphatic carbocycles. The molecule has 0 heterocycles. The van der Waals surface area contributed by atoms with Crippen molar-refractivity contribution in [3.8, 4) is 0 Å². The summed E-state index contributed by atoms with van der Waals surface area (Å²) in [4.78, 5) is 1.37. The minimum Gasteiger partial charge on any atom is -0.369 e. The molecule has 0 aromatic heterocycles. The third kappa shape index (κ3) is 3.79. The molecule has 0 bridgehead atoms. The maximum Gasteiger partial charge on any atom is 0.341 e. The average molecular weight is 312 g/mol. The summed E-state index contributed by atoms with van der Waals surface area (Å²) in [5.74, 6) is -3.13. The van der Waals surface area contributed by atoms with E-state index in [1.165, 1.54) is 18.2 Å². The molecule has 0 saturated heterocycles. The first-order chi connectivity index (χ1) is 8.95. The number of sulfone groups is 1. The first kappa shape index (κ1) is 16.2. The monoisotopic (exact) mass is 311 g/mol. The molecule has 0 amide bonds. The fourth-order valence-corrected chi connectivity index (χ4v) is 2.93. The Labute approximate surface area is 117 Å². The normalized spacial score (nSPS) is 11.8. The molecule has 0 aliphatic heterocycles. The lowest BCUT2D eigenvalue weighted by Gasteiger charge is -2.25. The Balaban J connectivity index is 3.28. The van der Waals surface area contributed by atoms with Crippen molar-refractivity contribution in [3.05, 3.63) is 24.3 Å². The van der Waals surface area contributed by atoms with Gasteiger partial charge < -0.3 is 4.90 Å². The van der Waals surface area contributed by atoms with Crippen LogP contribution in [0.15, 0.2) is 29.2 Å². The van der Waals surface area contributed by atoms with Crippen LogP contribution >= 0.6 is 11.6 Å². The first-order valence-electron chi connectivity index (χ1n) is 5.87. The highest BCUT2D eigenvalue weighted by Gasteiger charge is 2.30. The van der Waals surface area contributed by atoms with Crippen molar-refractivity contribution in [1.82, 2.24) is 0 Å². The molecule has 19 heavy (non-hydrogen) atoms. The second-order valence-electron chi connectivity index (χ2n) is 3.95. The largest absolute Gasteiger partial charge is 0.369 e. The number of halogens is 3. The van der Waals surface area contributed by atoms with Gasteiger partial charge in [-0.05, 0) is 18.6 Å². The molecule has 0 spiro atoms. The predicted octanol–water partition coefficient (Wildman–Crippen LogP) is 3.14. The van der Waals surface area contributed by atoms with Crippen LogP contribution in [-0.2, 0) is 9.84 Å². The van der Waals surface area contributed by atoms with Crippen molar-refractivity contribution in [2.45, 2.75) is 24.0 Å². The lowest BCUT2D eigenvalue weighted by atomic mass is 10.2. The summed E-state index contributed by atoms with van der Waals surface area (Å²) in [7, 11) is -4.61. The number of alkyl halides is 3. The molecule has 0 atom stereocenters. The Kier molecular flexibility index (Phi) is 6.00. The summed E-state index contributed by atoms with van der Waals surface area (Å²) in [5.41, 5.74) is 0.283. The molecule has 1 aromatic rings. The fraction of sp³-hybridized carbons (Fsp3) is 0.500. The number of nitrogens with zero attached hydrogens (tertiary/aromatic N) is 1. The Morgan fingerprint density at radius 2 is 1.89 bits per heavy atom. The minimum atomic E-state index is -4.61. The molecule has 0 unspecified atom stereocenters. The van der Waals surface area contributed by atoms with E-state index in [2.05, 4.69) is 0 Å². The highest BCUT2D eigenvalue weighted by Crippen LogP contribution is 2.29. The molecular weight excluding hydrogens is 296 g/mol. The van der Waals surface area contributed by atoms with Crippen LogP contribution < -0.4 is 4.90 Å². The van der Waals surface area contributed by atoms with Crippen molar-refractivity contribution in [2.75, 3.05) is 23.9 Å². The molecule has 1 rings (SSSR count). The van der Waals surface area contributed by atoms with Crippen molar-refractivity contribution < 1.29 is 17.2 Å². The van der Waals surface area contributed by atoms with Gasteiger partial charge in [0, 0.05) is 19.0 Å². The van der Waals surface area contributed by atoms with Gasteiger partial charge in [-0.2, -0.15) is 8.78 Å². The zero-order valence-electron chi connectivity index (χ0n) is 10.5. The lowest BCUT2D eigenvalue weighted by molar-refractivity contribution is 0.235. The van der Waals surface area contributed by atoms with E-state index in [0.717, 1.165) is 6.42 Å². The van der Waals surface area contributed by atoms with E-state index in [1.54, 1.807) is 11.0 Å². The fourth-order valence-electron chi connectivity index (χ4n) is 1.78. The van der Waals surface area contributed by atoms with Gasteiger partial charge in [0.15, 0.2) is 0 Å². The lowest BCUT2D eigenvalue weighted by Crippen LogP contribution is -2.28. The quantitative estimate of drug-likeness (QED) is 0.726. The topological polar surface area (TPSA) is 37.4 Å². The summed E-state index contributed by atoms with van der Waals surface area (Å²) >= 11 is 5.67. The van der Waals surface area contributed by atoms with Gasteiger partial charge in [0.1, 0.15) is 0 Å². The van der Waals surface area contributed by atoms with Crippen LogP contribution in [0.25, 0.3) is 0 Å². The second kappa shape index (κ2) is 7.05. The Hall–Kier alpha value is -0.880. The van der Waals surface area contributed by atoms with Gasteiger partial charge in [-0.3, -0.25) is 0 Å². The van der Waals surface area contributed by atoms with Crippen LogP contribution in [0.2, 0.25) is 0 Å². The van der Waals surface area contributed by atoms with E-state index in [0.29, 0.717) is 19.0 Å². The van der Waals surface area contributed by atoms with Gasteiger partial charge in [-0.1, -0.05) is 19.1 Å². The van der Waals surface area contributed by atoms with Crippen molar-refractivity contribution in [3.63, 3.8) is 0 Å². The molecule has 7 heteroatoms. The molecule has 1 aromatic carbocycles. The van der Waals surface area contributed by atoms with E-state index in [-0.39, 0.29) is 10.6 Å². The molecule has 108 valence electrons. The summed E-state index contributed by atoms with van der Waals surface area (Å²) in [6.45, 7) is 2.89. The van der Waals surface area contributed by atoms with E-state index in [1.807, 2.05) is 6.92 Å². The summed E-state index contributed by atoms with van der Waals surface area (Å²) in [5, 5.41) is 0. The summed E-state index contributed by atoms with van der Waals surface area (Å²) in [6, 6.07) is 5.78. The first-order valence-corrected chi connectivity index (χ1v) is 7.95. The zero-order chi connectivity index (χ0) is 14.5. The number of hydrogen-bond acceptors (Lipinski definition) is 3. The smallest absolute Gasteiger partial charge is 0.341 e. The van der Waals surface area contributed by atoms with Gasteiger partial charge in [-0.15, -0.1) is 11.6 Å². The van der Waals surface area contributed by atoms with E-state index in [4.69, 9.17) is 11.6 Å². The standard InChI is InChI=1S/C12H16ClF2NO2S/c1-2-8-16(9-7-13)10-5-3-4-6-11(10)19(17,18)12(14)15/h3-6,12H,2,7-9H2,1H3. The SMILES string of the molecule is CCCN(CCCl)c1ccccc1S(=O)(=O)C(F)F.